The molecule has 1 amide bonds. The SMILES string of the molecule is CC1Cc2cc(OC(=O)OC(C)(C)C)ccc2C(C)N1C(=O)OC(C)(C)C. The summed E-state index contributed by atoms with van der Waals surface area (Å²) in [6, 6.07) is 5.30. The summed E-state index contributed by atoms with van der Waals surface area (Å²) in [5.41, 5.74) is 0.927. The second kappa shape index (κ2) is 7.41. The molecule has 1 heterocycles. The Kier molecular flexibility index (Phi) is 5.78. The van der Waals surface area contributed by atoms with Crippen molar-refractivity contribution >= 4 is 12.2 Å². The fraction of sp³-hybridized carbons (Fsp3) is 0.619. The average molecular weight is 377 g/mol. The Bertz CT molecular complexity index is 714. The van der Waals surface area contributed by atoms with Crippen LogP contribution in [-0.2, 0) is 15.9 Å². The third-order valence-corrected chi connectivity index (χ3v) is 4.17. The van der Waals surface area contributed by atoms with Gasteiger partial charge in [-0.3, -0.25) is 4.90 Å². The van der Waals surface area contributed by atoms with Crippen LogP contribution in [-0.4, -0.2) is 34.4 Å². The van der Waals surface area contributed by atoms with Gasteiger partial charge in [0.25, 0.3) is 0 Å². The minimum Gasteiger partial charge on any atom is -0.444 e. The van der Waals surface area contributed by atoms with Crippen LogP contribution in [0.3, 0.4) is 0 Å². The molecule has 0 fully saturated rings. The molecule has 1 aliphatic rings. The largest absolute Gasteiger partial charge is 0.514 e. The van der Waals surface area contributed by atoms with E-state index in [1.165, 1.54) is 0 Å². The van der Waals surface area contributed by atoms with E-state index in [1.54, 1.807) is 31.7 Å². The standard InChI is InChI=1S/C21H31NO5/c1-13-11-15-12-16(25-19(24)27-21(6,7)8)9-10-17(15)14(2)22(13)18(23)26-20(3,4)5/h9-10,12-14H,11H2,1-8H3. The van der Waals surface area contributed by atoms with Gasteiger partial charge in [-0.05, 0) is 85.1 Å². The van der Waals surface area contributed by atoms with Crippen LogP contribution in [0.25, 0.3) is 0 Å². The highest BCUT2D eigenvalue weighted by Crippen LogP contribution is 2.36. The molecule has 2 rings (SSSR count). The van der Waals surface area contributed by atoms with E-state index in [1.807, 2.05) is 46.8 Å². The molecule has 150 valence electrons. The van der Waals surface area contributed by atoms with Crippen LogP contribution in [0.1, 0.15) is 72.6 Å². The number of fused-ring (bicyclic) bond motifs is 1. The number of carbonyl (C=O) groups is 2. The number of nitrogens with zero attached hydrogens (tertiary/aromatic N) is 1. The third kappa shape index (κ3) is 5.62. The molecular formula is C21H31NO5. The van der Waals surface area contributed by atoms with Gasteiger partial charge in [-0.15, -0.1) is 0 Å². The van der Waals surface area contributed by atoms with Crippen molar-refractivity contribution in [2.45, 2.75) is 85.1 Å². The molecule has 6 nitrogen and oxygen atoms in total. The molecule has 6 heteroatoms. The molecule has 0 aromatic heterocycles. The molecule has 0 N–H and O–H groups in total. The van der Waals surface area contributed by atoms with Crippen molar-refractivity contribution in [2.75, 3.05) is 0 Å². The van der Waals surface area contributed by atoms with Gasteiger partial charge < -0.3 is 14.2 Å². The van der Waals surface area contributed by atoms with Crippen LogP contribution >= 0.6 is 0 Å². The molecule has 0 radical (unpaired) electrons. The Balaban J connectivity index is 2.18. The Morgan fingerprint density at radius 3 is 2.15 bits per heavy atom. The summed E-state index contributed by atoms with van der Waals surface area (Å²) in [4.78, 5) is 26.3. The topological polar surface area (TPSA) is 65.1 Å². The van der Waals surface area contributed by atoms with E-state index >= 15 is 0 Å². The molecule has 0 spiro atoms. The first-order valence-corrected chi connectivity index (χ1v) is 9.32. The Morgan fingerprint density at radius 1 is 1.00 bits per heavy atom. The van der Waals surface area contributed by atoms with Gasteiger partial charge >= 0.3 is 12.2 Å². The minimum atomic E-state index is -0.727. The zero-order valence-corrected chi connectivity index (χ0v) is 17.6. The molecule has 27 heavy (non-hydrogen) atoms. The first kappa shape index (κ1) is 21.1. The number of carbonyl (C=O) groups excluding carboxylic acids is 2. The highest BCUT2D eigenvalue weighted by atomic mass is 16.7. The van der Waals surface area contributed by atoms with Crippen LogP contribution in [0, 0.1) is 0 Å². The Hall–Kier alpha value is -2.24. The molecule has 0 saturated carbocycles. The lowest BCUT2D eigenvalue weighted by atomic mass is 9.89. The summed E-state index contributed by atoms with van der Waals surface area (Å²) < 4.78 is 16.0. The molecule has 1 aromatic rings. The number of hydrogen-bond acceptors (Lipinski definition) is 5. The monoisotopic (exact) mass is 377 g/mol. The van der Waals surface area contributed by atoms with Gasteiger partial charge in [0.15, 0.2) is 0 Å². The third-order valence-electron chi connectivity index (χ3n) is 4.17. The number of benzene rings is 1. The van der Waals surface area contributed by atoms with E-state index in [0.717, 1.165) is 11.1 Å². The first-order valence-electron chi connectivity index (χ1n) is 9.32. The van der Waals surface area contributed by atoms with Gasteiger partial charge in [-0.2, -0.15) is 0 Å². The number of rotatable bonds is 1. The molecule has 2 unspecified atom stereocenters. The van der Waals surface area contributed by atoms with E-state index in [4.69, 9.17) is 14.2 Å². The van der Waals surface area contributed by atoms with E-state index < -0.39 is 17.4 Å². The van der Waals surface area contributed by atoms with Crippen LogP contribution in [0.4, 0.5) is 9.59 Å². The van der Waals surface area contributed by atoms with E-state index in [2.05, 4.69) is 0 Å². The number of hydrogen-bond donors (Lipinski definition) is 0. The predicted octanol–water partition coefficient (Wildman–Crippen LogP) is 5.24. The molecule has 1 aliphatic heterocycles. The Labute approximate surface area is 161 Å². The van der Waals surface area contributed by atoms with E-state index in [-0.39, 0.29) is 18.2 Å². The van der Waals surface area contributed by atoms with Crippen molar-refractivity contribution in [3.63, 3.8) is 0 Å². The second-order valence-electron chi connectivity index (χ2n) is 9.04. The maximum absolute atomic E-state index is 12.6. The fourth-order valence-electron chi connectivity index (χ4n) is 3.20. The lowest BCUT2D eigenvalue weighted by molar-refractivity contribution is 0.00582. The normalized spacial score (nSPS) is 19.9. The smallest absolute Gasteiger partial charge is 0.444 e. The molecule has 0 saturated heterocycles. The molecule has 1 aromatic carbocycles. The lowest BCUT2D eigenvalue weighted by Crippen LogP contribution is -2.47. The van der Waals surface area contributed by atoms with E-state index in [0.29, 0.717) is 12.2 Å². The van der Waals surface area contributed by atoms with Crippen molar-refractivity contribution in [2.24, 2.45) is 0 Å². The zero-order chi connectivity index (χ0) is 20.6. The summed E-state index contributed by atoms with van der Waals surface area (Å²) in [5.74, 6) is 0.438. The summed E-state index contributed by atoms with van der Waals surface area (Å²) >= 11 is 0. The van der Waals surface area contributed by atoms with Gasteiger partial charge in [-0.25, -0.2) is 9.59 Å². The van der Waals surface area contributed by atoms with Gasteiger partial charge in [0, 0.05) is 6.04 Å². The maximum Gasteiger partial charge on any atom is 0.514 e. The highest BCUT2D eigenvalue weighted by Gasteiger charge is 2.35. The second-order valence-corrected chi connectivity index (χ2v) is 9.04. The quantitative estimate of drug-likeness (QED) is 0.494. The van der Waals surface area contributed by atoms with Crippen molar-refractivity contribution in [1.82, 2.24) is 4.90 Å². The number of amides is 1. The summed E-state index contributed by atoms with van der Waals surface area (Å²) in [6.07, 6.45) is -0.387. The van der Waals surface area contributed by atoms with Crippen LogP contribution < -0.4 is 4.74 Å². The predicted molar refractivity (Wildman–Crippen MR) is 103 cm³/mol. The first-order chi connectivity index (χ1) is 12.3. The highest BCUT2D eigenvalue weighted by molar-refractivity contribution is 5.70. The van der Waals surface area contributed by atoms with E-state index in [9.17, 15) is 9.59 Å². The van der Waals surface area contributed by atoms with Gasteiger partial charge in [0.05, 0.1) is 6.04 Å². The maximum atomic E-state index is 12.6. The minimum absolute atomic E-state index is 0.0286. The van der Waals surface area contributed by atoms with Gasteiger partial charge in [0.2, 0.25) is 0 Å². The van der Waals surface area contributed by atoms with Crippen molar-refractivity contribution < 1.29 is 23.8 Å². The zero-order valence-electron chi connectivity index (χ0n) is 17.6. The lowest BCUT2D eigenvalue weighted by Gasteiger charge is -2.40. The Morgan fingerprint density at radius 2 is 1.59 bits per heavy atom. The van der Waals surface area contributed by atoms with Crippen molar-refractivity contribution in [3.05, 3.63) is 29.3 Å². The van der Waals surface area contributed by atoms with Crippen molar-refractivity contribution in [1.29, 1.82) is 0 Å². The molecule has 0 aliphatic carbocycles. The molecule has 0 bridgehead atoms. The average Bonchev–Trinajstić information content (AvgIpc) is 2.42. The van der Waals surface area contributed by atoms with Crippen LogP contribution in [0.2, 0.25) is 0 Å². The summed E-state index contributed by atoms with van der Waals surface area (Å²) in [5, 5.41) is 0. The molecular weight excluding hydrogens is 346 g/mol. The van der Waals surface area contributed by atoms with Gasteiger partial charge in [0.1, 0.15) is 17.0 Å². The van der Waals surface area contributed by atoms with Gasteiger partial charge in [-0.1, -0.05) is 6.07 Å². The van der Waals surface area contributed by atoms with Crippen molar-refractivity contribution in [3.8, 4) is 5.75 Å². The molecule has 2 atom stereocenters. The number of ether oxygens (including phenoxy) is 3. The van der Waals surface area contributed by atoms with Crippen LogP contribution in [0.5, 0.6) is 5.75 Å². The fourth-order valence-corrected chi connectivity index (χ4v) is 3.20. The summed E-state index contributed by atoms with van der Waals surface area (Å²) in [7, 11) is 0. The summed E-state index contributed by atoms with van der Waals surface area (Å²) in [6.45, 7) is 14.9. The van der Waals surface area contributed by atoms with Crippen LogP contribution in [0.15, 0.2) is 18.2 Å².